The van der Waals surface area contributed by atoms with Crippen LogP contribution in [0, 0.1) is 11.6 Å². The van der Waals surface area contributed by atoms with E-state index in [4.69, 9.17) is 0 Å². The van der Waals surface area contributed by atoms with E-state index in [1.54, 1.807) is 12.1 Å². The number of benzene rings is 2. The monoisotopic (exact) mass is 316 g/mol. The van der Waals surface area contributed by atoms with Crippen LogP contribution < -0.4 is 10.6 Å². The van der Waals surface area contributed by atoms with E-state index in [1.165, 1.54) is 24.3 Å². The Hall–Kier alpha value is -3.02. The van der Waals surface area contributed by atoms with Crippen LogP contribution in [0.25, 0.3) is 0 Å². The van der Waals surface area contributed by atoms with Crippen LogP contribution in [0.4, 0.5) is 14.5 Å². The number of carbonyl (C=O) groups is 2. The third-order valence-corrected chi connectivity index (χ3v) is 2.97. The Labute approximate surface area is 131 Å². The summed E-state index contributed by atoms with van der Waals surface area (Å²) in [5.41, 5.74) is 0.654. The maximum atomic E-state index is 13.1. The van der Waals surface area contributed by atoms with Crippen molar-refractivity contribution in [2.24, 2.45) is 0 Å². The van der Waals surface area contributed by atoms with Crippen molar-refractivity contribution >= 4 is 17.5 Å². The Kier molecular flexibility index (Phi) is 5.19. The van der Waals surface area contributed by atoms with E-state index in [9.17, 15) is 18.4 Å². The molecule has 2 aromatic carbocycles. The molecule has 0 aromatic heterocycles. The molecule has 2 aromatic rings. The van der Waals surface area contributed by atoms with Crippen molar-refractivity contribution in [2.45, 2.75) is 0 Å². The fourth-order valence-corrected chi connectivity index (χ4v) is 1.85. The van der Waals surface area contributed by atoms with E-state index in [2.05, 4.69) is 17.2 Å². The molecule has 0 unspecified atom stereocenters. The molecule has 0 heterocycles. The summed E-state index contributed by atoms with van der Waals surface area (Å²) in [6, 6.07) is 9.10. The standard InChI is InChI=1S/C17H14F2N2O2/c1-2-8-20-16(22)11-4-3-5-12(9-11)17(23)21-13-6-7-14(18)15(19)10-13/h2-7,9-10H,1,8H2,(H,20,22)(H,21,23). The topological polar surface area (TPSA) is 58.2 Å². The molecule has 2 rings (SSSR count). The van der Waals surface area contributed by atoms with Gasteiger partial charge in [0.1, 0.15) is 0 Å². The van der Waals surface area contributed by atoms with Crippen molar-refractivity contribution in [2.75, 3.05) is 11.9 Å². The smallest absolute Gasteiger partial charge is 0.255 e. The molecule has 0 aliphatic rings. The molecule has 2 amide bonds. The second kappa shape index (κ2) is 7.31. The van der Waals surface area contributed by atoms with Crippen molar-refractivity contribution in [3.63, 3.8) is 0 Å². The van der Waals surface area contributed by atoms with Gasteiger partial charge < -0.3 is 10.6 Å². The van der Waals surface area contributed by atoms with Crippen molar-refractivity contribution < 1.29 is 18.4 Å². The Morgan fingerprint density at radius 2 is 1.70 bits per heavy atom. The van der Waals surface area contributed by atoms with Gasteiger partial charge in [-0.25, -0.2) is 8.78 Å². The molecule has 23 heavy (non-hydrogen) atoms. The molecule has 0 radical (unpaired) electrons. The zero-order chi connectivity index (χ0) is 16.8. The minimum absolute atomic E-state index is 0.121. The molecule has 0 aliphatic heterocycles. The summed E-state index contributed by atoms with van der Waals surface area (Å²) < 4.78 is 26.0. The highest BCUT2D eigenvalue weighted by Crippen LogP contribution is 2.15. The van der Waals surface area contributed by atoms with Gasteiger partial charge in [0.2, 0.25) is 0 Å². The lowest BCUT2D eigenvalue weighted by Gasteiger charge is -2.07. The molecule has 6 heteroatoms. The van der Waals surface area contributed by atoms with Gasteiger partial charge in [0, 0.05) is 29.4 Å². The maximum absolute atomic E-state index is 13.1. The molecule has 0 saturated heterocycles. The molecule has 0 atom stereocenters. The van der Waals surface area contributed by atoms with Crippen LogP contribution in [0.3, 0.4) is 0 Å². The van der Waals surface area contributed by atoms with E-state index >= 15 is 0 Å². The number of halogens is 2. The van der Waals surface area contributed by atoms with Crippen LogP contribution in [-0.2, 0) is 0 Å². The summed E-state index contributed by atoms with van der Waals surface area (Å²) in [6.07, 6.45) is 1.54. The van der Waals surface area contributed by atoms with Crippen molar-refractivity contribution in [1.29, 1.82) is 0 Å². The zero-order valence-electron chi connectivity index (χ0n) is 12.1. The minimum atomic E-state index is -1.06. The van der Waals surface area contributed by atoms with E-state index in [1.807, 2.05) is 0 Å². The highest BCUT2D eigenvalue weighted by Gasteiger charge is 2.11. The number of hydrogen-bond donors (Lipinski definition) is 2. The van der Waals surface area contributed by atoms with Crippen LogP contribution in [-0.4, -0.2) is 18.4 Å². The summed E-state index contributed by atoms with van der Waals surface area (Å²) >= 11 is 0. The van der Waals surface area contributed by atoms with Crippen LogP contribution >= 0.6 is 0 Å². The molecular weight excluding hydrogens is 302 g/mol. The fourth-order valence-electron chi connectivity index (χ4n) is 1.85. The van der Waals surface area contributed by atoms with Crippen LogP contribution in [0.2, 0.25) is 0 Å². The molecule has 4 nitrogen and oxygen atoms in total. The zero-order valence-corrected chi connectivity index (χ0v) is 12.1. The number of anilines is 1. The molecular formula is C17H14F2N2O2. The molecule has 0 saturated carbocycles. The van der Waals surface area contributed by atoms with E-state index in [0.717, 1.165) is 12.1 Å². The Morgan fingerprint density at radius 3 is 2.35 bits per heavy atom. The lowest BCUT2D eigenvalue weighted by Crippen LogP contribution is -2.23. The summed E-state index contributed by atoms with van der Waals surface area (Å²) in [6.45, 7) is 3.81. The third-order valence-electron chi connectivity index (χ3n) is 2.97. The van der Waals surface area contributed by atoms with Gasteiger partial charge in [-0.2, -0.15) is 0 Å². The number of nitrogens with one attached hydrogen (secondary N) is 2. The first-order chi connectivity index (χ1) is 11.0. The van der Waals surface area contributed by atoms with Gasteiger partial charge in [-0.3, -0.25) is 9.59 Å². The second-order valence-electron chi connectivity index (χ2n) is 4.66. The van der Waals surface area contributed by atoms with Gasteiger partial charge in [0.05, 0.1) is 0 Å². The quantitative estimate of drug-likeness (QED) is 0.833. The number of hydrogen-bond acceptors (Lipinski definition) is 2. The highest BCUT2D eigenvalue weighted by molar-refractivity contribution is 6.06. The van der Waals surface area contributed by atoms with E-state index in [-0.39, 0.29) is 17.2 Å². The number of amides is 2. The lowest BCUT2D eigenvalue weighted by atomic mass is 10.1. The minimum Gasteiger partial charge on any atom is -0.349 e. The number of rotatable bonds is 5. The SMILES string of the molecule is C=CCNC(=O)c1cccc(C(=O)Nc2ccc(F)c(F)c2)c1. The van der Waals surface area contributed by atoms with Gasteiger partial charge in [0.15, 0.2) is 11.6 Å². The van der Waals surface area contributed by atoms with Gasteiger partial charge in [0.25, 0.3) is 11.8 Å². The molecule has 118 valence electrons. The average Bonchev–Trinajstić information content (AvgIpc) is 2.56. The van der Waals surface area contributed by atoms with Crippen LogP contribution in [0.5, 0.6) is 0 Å². The summed E-state index contributed by atoms with van der Waals surface area (Å²) in [4.78, 5) is 24.0. The normalized spacial score (nSPS) is 10.0. The summed E-state index contributed by atoms with van der Waals surface area (Å²) in [5.74, 6) is -2.93. The van der Waals surface area contributed by atoms with Gasteiger partial charge in [-0.15, -0.1) is 6.58 Å². The molecule has 0 aliphatic carbocycles. The van der Waals surface area contributed by atoms with Crippen LogP contribution in [0.1, 0.15) is 20.7 Å². The third kappa shape index (κ3) is 4.23. The fraction of sp³-hybridized carbons (Fsp3) is 0.0588. The molecule has 0 bridgehead atoms. The van der Waals surface area contributed by atoms with E-state index in [0.29, 0.717) is 12.1 Å². The average molecular weight is 316 g/mol. The predicted molar refractivity (Wildman–Crippen MR) is 83.3 cm³/mol. The molecule has 0 spiro atoms. The van der Waals surface area contributed by atoms with Gasteiger partial charge in [-0.05, 0) is 30.3 Å². The first kappa shape index (κ1) is 16.4. The summed E-state index contributed by atoms with van der Waals surface area (Å²) in [7, 11) is 0. The Bertz CT molecular complexity index is 760. The van der Waals surface area contributed by atoms with Gasteiger partial charge in [-0.1, -0.05) is 12.1 Å². The first-order valence-electron chi connectivity index (χ1n) is 6.77. The summed E-state index contributed by atoms with van der Waals surface area (Å²) in [5, 5.41) is 5.04. The molecule has 0 fully saturated rings. The highest BCUT2D eigenvalue weighted by atomic mass is 19.2. The van der Waals surface area contributed by atoms with Crippen LogP contribution in [0.15, 0.2) is 55.1 Å². The van der Waals surface area contributed by atoms with Crippen molar-refractivity contribution in [1.82, 2.24) is 5.32 Å². The second-order valence-corrected chi connectivity index (χ2v) is 4.66. The largest absolute Gasteiger partial charge is 0.349 e. The predicted octanol–water partition coefficient (Wildman–Crippen LogP) is 3.13. The number of carbonyl (C=O) groups excluding carboxylic acids is 2. The maximum Gasteiger partial charge on any atom is 0.255 e. The lowest BCUT2D eigenvalue weighted by molar-refractivity contribution is 0.0958. The Morgan fingerprint density at radius 1 is 1.00 bits per heavy atom. The first-order valence-corrected chi connectivity index (χ1v) is 6.77. The van der Waals surface area contributed by atoms with Gasteiger partial charge >= 0.3 is 0 Å². The van der Waals surface area contributed by atoms with E-state index < -0.39 is 17.5 Å². The van der Waals surface area contributed by atoms with Crippen molar-refractivity contribution in [3.05, 3.63) is 77.9 Å². The molecule has 2 N–H and O–H groups in total. The van der Waals surface area contributed by atoms with Crippen molar-refractivity contribution in [3.8, 4) is 0 Å². The Balaban J connectivity index is 2.14.